The second-order valence-corrected chi connectivity index (χ2v) is 4.02. The van der Waals surface area contributed by atoms with Crippen molar-refractivity contribution in [3.63, 3.8) is 0 Å². The molecule has 2 nitrogen and oxygen atoms in total. The first-order chi connectivity index (χ1) is 9.69. The van der Waals surface area contributed by atoms with Crippen LogP contribution >= 0.6 is 0 Å². The number of aliphatic hydroxyl groups excluding tert-OH is 1. The van der Waals surface area contributed by atoms with Crippen molar-refractivity contribution in [1.82, 2.24) is 0 Å². The number of hydrogen-bond acceptors (Lipinski definition) is 2. The van der Waals surface area contributed by atoms with E-state index < -0.39 is 11.6 Å². The van der Waals surface area contributed by atoms with E-state index in [2.05, 4.69) is 11.8 Å². The fourth-order valence-corrected chi connectivity index (χ4v) is 1.56. The summed E-state index contributed by atoms with van der Waals surface area (Å²) < 4.78 is 31.1. The van der Waals surface area contributed by atoms with Gasteiger partial charge in [-0.05, 0) is 29.8 Å². The zero-order valence-corrected chi connectivity index (χ0v) is 10.6. The van der Waals surface area contributed by atoms with Crippen molar-refractivity contribution in [1.29, 1.82) is 0 Å². The van der Waals surface area contributed by atoms with E-state index in [4.69, 9.17) is 9.84 Å². The monoisotopic (exact) mass is 274 g/mol. The molecule has 0 saturated heterocycles. The first-order valence-corrected chi connectivity index (χ1v) is 5.95. The van der Waals surface area contributed by atoms with Gasteiger partial charge in [0.15, 0.2) is 11.6 Å². The maximum Gasteiger partial charge on any atom is 0.162 e. The SMILES string of the molecule is OCC#Cc1ccc(COc2ccc(F)c(F)c2)cc1. The summed E-state index contributed by atoms with van der Waals surface area (Å²) in [5.41, 5.74) is 1.67. The van der Waals surface area contributed by atoms with Gasteiger partial charge in [-0.3, -0.25) is 0 Å². The Bertz CT molecular complexity index is 640. The van der Waals surface area contributed by atoms with Crippen LogP contribution in [0.3, 0.4) is 0 Å². The van der Waals surface area contributed by atoms with Crippen LogP contribution in [0.2, 0.25) is 0 Å². The van der Waals surface area contributed by atoms with Gasteiger partial charge >= 0.3 is 0 Å². The molecule has 2 rings (SSSR count). The quantitative estimate of drug-likeness (QED) is 0.872. The molecule has 0 heterocycles. The lowest BCUT2D eigenvalue weighted by Crippen LogP contribution is -1.96. The number of benzene rings is 2. The second kappa shape index (κ2) is 6.69. The average molecular weight is 274 g/mol. The largest absolute Gasteiger partial charge is 0.489 e. The van der Waals surface area contributed by atoms with Crippen LogP contribution in [0.1, 0.15) is 11.1 Å². The maximum absolute atomic E-state index is 13.0. The number of rotatable bonds is 3. The van der Waals surface area contributed by atoms with E-state index in [1.54, 1.807) is 12.1 Å². The lowest BCUT2D eigenvalue weighted by Gasteiger charge is -2.06. The Morgan fingerprint density at radius 1 is 1.00 bits per heavy atom. The van der Waals surface area contributed by atoms with Crippen LogP contribution in [0.15, 0.2) is 42.5 Å². The van der Waals surface area contributed by atoms with E-state index in [-0.39, 0.29) is 19.0 Å². The molecular weight excluding hydrogens is 262 g/mol. The molecular formula is C16H12F2O2. The Morgan fingerprint density at radius 3 is 2.40 bits per heavy atom. The molecule has 0 spiro atoms. The minimum Gasteiger partial charge on any atom is -0.489 e. The third kappa shape index (κ3) is 3.81. The molecule has 2 aromatic carbocycles. The lowest BCUT2D eigenvalue weighted by molar-refractivity contribution is 0.303. The van der Waals surface area contributed by atoms with Crippen molar-refractivity contribution >= 4 is 0 Å². The highest BCUT2D eigenvalue weighted by Crippen LogP contribution is 2.17. The molecule has 0 saturated carbocycles. The van der Waals surface area contributed by atoms with Crippen molar-refractivity contribution < 1.29 is 18.6 Å². The molecule has 0 unspecified atom stereocenters. The topological polar surface area (TPSA) is 29.5 Å². The fraction of sp³-hybridized carbons (Fsp3) is 0.125. The van der Waals surface area contributed by atoms with E-state index in [0.717, 1.165) is 23.3 Å². The standard InChI is InChI=1S/C16H12F2O2/c17-15-8-7-14(10-16(15)18)20-11-13-5-3-12(4-6-13)2-1-9-19/h3-8,10,19H,9,11H2. The average Bonchev–Trinajstić information content (AvgIpc) is 2.47. The number of ether oxygens (including phenoxy) is 1. The molecule has 20 heavy (non-hydrogen) atoms. The summed E-state index contributed by atoms with van der Waals surface area (Å²) >= 11 is 0. The zero-order valence-electron chi connectivity index (χ0n) is 10.6. The van der Waals surface area contributed by atoms with Crippen LogP contribution in [0.5, 0.6) is 5.75 Å². The molecule has 102 valence electrons. The van der Waals surface area contributed by atoms with Crippen molar-refractivity contribution in [3.8, 4) is 17.6 Å². The first kappa shape index (κ1) is 14.0. The van der Waals surface area contributed by atoms with E-state index in [9.17, 15) is 8.78 Å². The third-order valence-electron chi connectivity index (χ3n) is 2.56. The summed E-state index contributed by atoms with van der Waals surface area (Å²) in [4.78, 5) is 0. The predicted octanol–water partition coefficient (Wildman–Crippen LogP) is 2.89. The summed E-state index contributed by atoms with van der Waals surface area (Å²) in [7, 11) is 0. The Hall–Kier alpha value is -2.38. The van der Waals surface area contributed by atoms with Gasteiger partial charge in [-0.25, -0.2) is 8.78 Å². The van der Waals surface area contributed by atoms with Crippen LogP contribution in [-0.4, -0.2) is 11.7 Å². The maximum atomic E-state index is 13.0. The van der Waals surface area contributed by atoms with Crippen molar-refractivity contribution in [2.24, 2.45) is 0 Å². The van der Waals surface area contributed by atoms with Crippen molar-refractivity contribution in [2.45, 2.75) is 6.61 Å². The Balaban J connectivity index is 1.98. The van der Waals surface area contributed by atoms with Gasteiger partial charge < -0.3 is 9.84 Å². The molecule has 0 atom stereocenters. The van der Waals surface area contributed by atoms with Gasteiger partial charge in [0.05, 0.1) is 0 Å². The fourth-order valence-electron chi connectivity index (χ4n) is 1.56. The molecule has 0 aromatic heterocycles. The molecule has 2 aromatic rings. The van der Waals surface area contributed by atoms with E-state index in [1.165, 1.54) is 6.07 Å². The Kier molecular flexibility index (Phi) is 4.70. The third-order valence-corrected chi connectivity index (χ3v) is 2.56. The molecule has 0 radical (unpaired) electrons. The van der Waals surface area contributed by atoms with Crippen LogP contribution < -0.4 is 4.74 Å². The number of hydrogen-bond donors (Lipinski definition) is 1. The summed E-state index contributed by atoms with van der Waals surface area (Å²) in [6, 6.07) is 10.6. The van der Waals surface area contributed by atoms with Crippen LogP contribution in [0.25, 0.3) is 0 Å². The van der Waals surface area contributed by atoms with E-state index >= 15 is 0 Å². The predicted molar refractivity (Wildman–Crippen MR) is 71.1 cm³/mol. The van der Waals surface area contributed by atoms with Gasteiger partial charge in [-0.2, -0.15) is 0 Å². The highest BCUT2D eigenvalue weighted by molar-refractivity contribution is 5.36. The van der Waals surface area contributed by atoms with Crippen LogP contribution in [0, 0.1) is 23.5 Å². The summed E-state index contributed by atoms with van der Waals surface area (Å²) in [5, 5.41) is 8.58. The number of halogens is 2. The summed E-state index contributed by atoms with van der Waals surface area (Å²) in [6.07, 6.45) is 0. The van der Waals surface area contributed by atoms with Crippen LogP contribution in [-0.2, 0) is 6.61 Å². The molecule has 0 aliphatic carbocycles. The smallest absolute Gasteiger partial charge is 0.162 e. The molecule has 0 amide bonds. The molecule has 0 fully saturated rings. The first-order valence-electron chi connectivity index (χ1n) is 5.95. The van der Waals surface area contributed by atoms with Gasteiger partial charge in [-0.15, -0.1) is 0 Å². The zero-order chi connectivity index (χ0) is 14.4. The summed E-state index contributed by atoms with van der Waals surface area (Å²) in [5.74, 6) is 3.77. The van der Waals surface area contributed by atoms with Crippen LogP contribution in [0.4, 0.5) is 8.78 Å². The van der Waals surface area contributed by atoms with E-state index in [1.807, 2.05) is 12.1 Å². The van der Waals surface area contributed by atoms with Crippen molar-refractivity contribution in [2.75, 3.05) is 6.61 Å². The second-order valence-electron chi connectivity index (χ2n) is 4.02. The lowest BCUT2D eigenvalue weighted by atomic mass is 10.1. The van der Waals surface area contributed by atoms with Gasteiger partial charge in [0.2, 0.25) is 0 Å². The van der Waals surface area contributed by atoms with Gasteiger partial charge in [0, 0.05) is 11.6 Å². The van der Waals surface area contributed by atoms with Gasteiger partial charge in [-0.1, -0.05) is 24.0 Å². The Labute approximate surface area is 115 Å². The summed E-state index contributed by atoms with van der Waals surface area (Å²) in [6.45, 7) is 0.0692. The molecule has 4 heteroatoms. The molecule has 0 aliphatic rings. The molecule has 0 aliphatic heterocycles. The van der Waals surface area contributed by atoms with Crippen molar-refractivity contribution in [3.05, 3.63) is 65.2 Å². The highest BCUT2D eigenvalue weighted by atomic mass is 19.2. The highest BCUT2D eigenvalue weighted by Gasteiger charge is 2.03. The molecule has 0 bridgehead atoms. The van der Waals surface area contributed by atoms with Gasteiger partial charge in [0.1, 0.15) is 19.0 Å². The van der Waals surface area contributed by atoms with E-state index in [0.29, 0.717) is 0 Å². The Morgan fingerprint density at radius 2 is 1.75 bits per heavy atom. The number of aliphatic hydroxyl groups is 1. The minimum absolute atomic E-state index is 0.180. The minimum atomic E-state index is -0.933. The normalized spacial score (nSPS) is 9.75. The van der Waals surface area contributed by atoms with Gasteiger partial charge in [0.25, 0.3) is 0 Å². The molecule has 1 N–H and O–H groups in total.